The lowest BCUT2D eigenvalue weighted by Gasteiger charge is -2.16. The number of ether oxygens (including phenoxy) is 2. The van der Waals surface area contributed by atoms with Gasteiger partial charge in [-0.25, -0.2) is 9.97 Å². The van der Waals surface area contributed by atoms with Crippen molar-refractivity contribution in [2.45, 2.75) is 91.8 Å². The first-order valence-electron chi connectivity index (χ1n) is 19.4. The highest BCUT2D eigenvalue weighted by Crippen LogP contribution is 2.30. The van der Waals surface area contributed by atoms with E-state index in [0.717, 1.165) is 18.5 Å². The molecule has 0 spiro atoms. The number of aliphatic hydroxyl groups is 2. The largest absolute Gasteiger partial charge is 0.508 e. The van der Waals surface area contributed by atoms with E-state index in [4.69, 9.17) is 9.47 Å². The Labute approximate surface area is 337 Å². The van der Waals surface area contributed by atoms with Gasteiger partial charge < -0.3 is 60.3 Å². The molecule has 0 amide bonds. The van der Waals surface area contributed by atoms with Gasteiger partial charge in [-0.2, -0.15) is 19.9 Å². The van der Waals surface area contributed by atoms with E-state index in [-0.39, 0.29) is 23.6 Å². The summed E-state index contributed by atoms with van der Waals surface area (Å²) in [6.45, 7) is 13.1. The standard InChI is InChI=1S/C21H30N6O3.C19H26N6O3/c1-5-15(6-2)27-12-24-18-19(25-21(26-20(18)27)23-10-13(3)28)22-11-14-9-16(30-4)7-8-17(14)29;1-11(2)25-10-22-16-17(23-19(24-18(16)25)21-8-12(3)26)20-9-13-7-14(28-4)5-6-15(13)27/h7-9,12-13,15,28-29H,5-6,10-11H2,1-4H3,(H2,22,23,25,26);5-7,10-12,26-27H,8-9H2,1-4H3,(H2,20,21,23,24). The lowest BCUT2D eigenvalue weighted by molar-refractivity contribution is 0.207. The number of hydrogen-bond donors (Lipinski definition) is 8. The molecular weight excluding hydrogens is 745 g/mol. The number of phenols is 2. The van der Waals surface area contributed by atoms with Crippen LogP contribution in [0.25, 0.3) is 22.3 Å². The molecular formula is C40H56N12O6. The summed E-state index contributed by atoms with van der Waals surface area (Å²) in [7, 11) is 3.17. The highest BCUT2D eigenvalue weighted by Gasteiger charge is 2.19. The van der Waals surface area contributed by atoms with Crippen LogP contribution in [0.5, 0.6) is 23.0 Å². The maximum Gasteiger partial charge on any atom is 0.226 e. The molecule has 0 saturated carbocycles. The van der Waals surface area contributed by atoms with Gasteiger partial charge in [-0.3, -0.25) is 0 Å². The number of phenolic OH excluding ortho intramolecular Hbond substituents is 2. The molecule has 6 aromatic rings. The van der Waals surface area contributed by atoms with E-state index in [1.165, 1.54) is 0 Å². The summed E-state index contributed by atoms with van der Waals surface area (Å²) < 4.78 is 14.5. The molecule has 8 N–H and O–H groups in total. The van der Waals surface area contributed by atoms with Gasteiger partial charge in [-0.05, 0) is 76.9 Å². The zero-order valence-corrected chi connectivity index (χ0v) is 34.4. The normalized spacial score (nSPS) is 12.3. The molecule has 0 bridgehead atoms. The van der Waals surface area contributed by atoms with Crippen molar-refractivity contribution in [2.24, 2.45) is 0 Å². The Hall–Kier alpha value is -6.14. The molecule has 0 aliphatic rings. The number of imidazole rings is 2. The van der Waals surface area contributed by atoms with Gasteiger partial charge >= 0.3 is 0 Å². The molecule has 0 radical (unpaired) electrons. The monoisotopic (exact) mass is 800 g/mol. The fourth-order valence-corrected chi connectivity index (χ4v) is 6.06. The number of nitrogens with one attached hydrogen (secondary N) is 4. The number of aromatic hydroxyl groups is 2. The summed E-state index contributed by atoms with van der Waals surface area (Å²) in [4.78, 5) is 27.2. The molecule has 4 heterocycles. The molecule has 0 aliphatic heterocycles. The van der Waals surface area contributed by atoms with Crippen LogP contribution in [0, 0.1) is 0 Å². The first kappa shape index (κ1) is 43.0. The topological polar surface area (TPSA) is 235 Å². The van der Waals surface area contributed by atoms with Crippen molar-refractivity contribution in [3.63, 3.8) is 0 Å². The summed E-state index contributed by atoms with van der Waals surface area (Å²) in [5.74, 6) is 3.56. The molecule has 18 heteroatoms. The molecule has 2 aromatic carbocycles. The average Bonchev–Trinajstić information content (AvgIpc) is 3.84. The second kappa shape index (κ2) is 19.8. The van der Waals surface area contributed by atoms with Crippen molar-refractivity contribution >= 4 is 45.9 Å². The second-order valence-electron chi connectivity index (χ2n) is 14.2. The summed E-state index contributed by atoms with van der Waals surface area (Å²) in [6, 6.07) is 10.6. The van der Waals surface area contributed by atoms with Gasteiger partial charge in [-0.15, -0.1) is 0 Å². The average molecular weight is 801 g/mol. The Balaban J connectivity index is 0.000000221. The van der Waals surface area contributed by atoms with Crippen LogP contribution in [0.15, 0.2) is 49.1 Å². The minimum Gasteiger partial charge on any atom is -0.508 e. The van der Waals surface area contributed by atoms with Crippen LogP contribution in [-0.4, -0.2) is 99.0 Å². The van der Waals surface area contributed by atoms with Crippen molar-refractivity contribution in [1.29, 1.82) is 0 Å². The zero-order chi connectivity index (χ0) is 41.9. The minimum absolute atomic E-state index is 0.166. The summed E-state index contributed by atoms with van der Waals surface area (Å²) >= 11 is 0. The second-order valence-corrected chi connectivity index (χ2v) is 14.2. The van der Waals surface area contributed by atoms with Crippen molar-refractivity contribution in [1.82, 2.24) is 39.0 Å². The van der Waals surface area contributed by atoms with E-state index in [9.17, 15) is 20.4 Å². The van der Waals surface area contributed by atoms with Crippen molar-refractivity contribution in [2.75, 3.05) is 48.6 Å². The van der Waals surface area contributed by atoms with Crippen LogP contribution in [0.3, 0.4) is 0 Å². The van der Waals surface area contributed by atoms with Gasteiger partial charge in [0.25, 0.3) is 0 Å². The molecule has 0 aliphatic carbocycles. The predicted octanol–water partition coefficient (Wildman–Crippen LogP) is 5.83. The lowest BCUT2D eigenvalue weighted by atomic mass is 10.2. The molecule has 2 atom stereocenters. The molecule has 4 aromatic heterocycles. The van der Waals surface area contributed by atoms with Gasteiger partial charge in [0, 0.05) is 49.4 Å². The predicted molar refractivity (Wildman–Crippen MR) is 225 cm³/mol. The summed E-state index contributed by atoms with van der Waals surface area (Å²) in [6.07, 6.45) is 4.39. The third-order valence-corrected chi connectivity index (χ3v) is 9.31. The van der Waals surface area contributed by atoms with Crippen LogP contribution < -0.4 is 30.7 Å². The lowest BCUT2D eigenvalue weighted by Crippen LogP contribution is -2.18. The minimum atomic E-state index is -0.529. The maximum atomic E-state index is 10.2. The number of aliphatic hydroxyl groups excluding tert-OH is 2. The van der Waals surface area contributed by atoms with E-state index in [2.05, 4.69) is 69.6 Å². The van der Waals surface area contributed by atoms with Crippen LogP contribution in [0.2, 0.25) is 0 Å². The molecule has 2 unspecified atom stereocenters. The maximum absolute atomic E-state index is 10.2. The van der Waals surface area contributed by atoms with E-state index in [1.54, 1.807) is 77.1 Å². The van der Waals surface area contributed by atoms with Crippen molar-refractivity contribution in [3.05, 3.63) is 60.2 Å². The van der Waals surface area contributed by atoms with Crippen LogP contribution in [-0.2, 0) is 13.1 Å². The van der Waals surface area contributed by atoms with Gasteiger partial charge in [0.1, 0.15) is 23.0 Å². The third-order valence-electron chi connectivity index (χ3n) is 9.31. The van der Waals surface area contributed by atoms with E-state index in [0.29, 0.717) is 89.0 Å². The van der Waals surface area contributed by atoms with Gasteiger partial charge in [0.15, 0.2) is 34.0 Å². The number of anilines is 4. The van der Waals surface area contributed by atoms with Gasteiger partial charge in [0.05, 0.1) is 39.1 Å². The number of hydrogen-bond acceptors (Lipinski definition) is 16. The molecule has 58 heavy (non-hydrogen) atoms. The molecule has 0 fully saturated rings. The van der Waals surface area contributed by atoms with Crippen molar-refractivity contribution in [3.8, 4) is 23.0 Å². The molecule has 312 valence electrons. The smallest absolute Gasteiger partial charge is 0.226 e. The number of fused-ring (bicyclic) bond motifs is 2. The Morgan fingerprint density at radius 3 is 1.45 bits per heavy atom. The first-order valence-corrected chi connectivity index (χ1v) is 19.4. The van der Waals surface area contributed by atoms with Gasteiger partial charge in [-0.1, -0.05) is 13.8 Å². The fourth-order valence-electron chi connectivity index (χ4n) is 6.06. The van der Waals surface area contributed by atoms with E-state index in [1.807, 2.05) is 18.4 Å². The van der Waals surface area contributed by atoms with Crippen molar-refractivity contribution < 1.29 is 29.9 Å². The van der Waals surface area contributed by atoms with Gasteiger partial charge in [0.2, 0.25) is 11.9 Å². The number of nitrogens with zero attached hydrogens (tertiary/aromatic N) is 8. The van der Waals surface area contributed by atoms with Crippen LogP contribution in [0.4, 0.5) is 23.5 Å². The van der Waals surface area contributed by atoms with E-state index < -0.39 is 12.2 Å². The number of aromatic nitrogens is 8. The zero-order valence-electron chi connectivity index (χ0n) is 34.4. The number of methoxy groups -OCH3 is 2. The fraction of sp³-hybridized carbons (Fsp3) is 0.450. The SMILES string of the molecule is CCC(CC)n1cnc2c(NCc3cc(OC)ccc3O)nc(NCC(C)O)nc21.COc1ccc(O)c(CNc2nc(NCC(C)O)nc3c2ncn3C(C)C)c1. The van der Waals surface area contributed by atoms with E-state index >= 15 is 0 Å². The number of benzene rings is 2. The van der Waals surface area contributed by atoms with Crippen LogP contribution in [0.1, 0.15) is 77.6 Å². The Morgan fingerprint density at radius 1 is 0.621 bits per heavy atom. The molecule has 18 nitrogen and oxygen atoms in total. The third kappa shape index (κ3) is 10.6. The van der Waals surface area contributed by atoms with Crippen LogP contribution >= 0.6 is 0 Å². The summed E-state index contributed by atoms with van der Waals surface area (Å²) in [5.41, 5.74) is 4.07. The summed E-state index contributed by atoms with van der Waals surface area (Å²) in [5, 5.41) is 52.1. The quantitative estimate of drug-likeness (QED) is 0.0510. The first-order chi connectivity index (χ1) is 27.8. The number of rotatable bonds is 18. The highest BCUT2D eigenvalue weighted by atomic mass is 16.5. The highest BCUT2D eigenvalue weighted by molar-refractivity contribution is 5.85. The molecule has 6 rings (SSSR count). The Kier molecular flexibility index (Phi) is 14.7. The Morgan fingerprint density at radius 2 is 1.05 bits per heavy atom. The Bertz CT molecular complexity index is 2250. The molecule has 0 saturated heterocycles.